The van der Waals surface area contributed by atoms with E-state index >= 15 is 0 Å². The molecule has 16 heavy (non-hydrogen) atoms. The fourth-order valence-corrected chi connectivity index (χ4v) is 2.40. The van der Waals surface area contributed by atoms with Crippen LogP contribution in [0.1, 0.15) is 6.92 Å². The summed E-state index contributed by atoms with van der Waals surface area (Å²) in [4.78, 5) is 10.9. The average Bonchev–Trinajstić information content (AvgIpc) is 1.95. The van der Waals surface area contributed by atoms with Gasteiger partial charge in [0.25, 0.3) is 5.95 Å². The zero-order chi connectivity index (χ0) is 13.1. The van der Waals surface area contributed by atoms with Gasteiger partial charge in [0.1, 0.15) is 5.57 Å². The summed E-state index contributed by atoms with van der Waals surface area (Å²) in [5.74, 6) is -0.794. The molecule has 0 fully saturated rings. The van der Waals surface area contributed by atoms with Crippen LogP contribution in [-0.4, -0.2) is 27.7 Å². The first-order valence-electron chi connectivity index (χ1n) is 5.24. The number of hydrogen-bond acceptors (Lipinski definition) is 3. The van der Waals surface area contributed by atoms with Crippen LogP contribution in [0.15, 0.2) is 11.5 Å². The Morgan fingerprint density at radius 2 is 1.25 bits per heavy atom. The van der Waals surface area contributed by atoms with Gasteiger partial charge in [0.2, 0.25) is 16.6 Å². The Morgan fingerprint density at radius 1 is 0.938 bits per heavy atom. The van der Waals surface area contributed by atoms with Gasteiger partial charge in [-0.25, -0.2) is 4.79 Å². The number of carboxylic acids is 1. The summed E-state index contributed by atoms with van der Waals surface area (Å²) >= 11 is 0. The molecule has 0 aliphatic heterocycles. The Balaban J connectivity index is 5.08. The zero-order valence-electron chi connectivity index (χ0n) is 11.2. The van der Waals surface area contributed by atoms with Crippen molar-refractivity contribution in [3.05, 3.63) is 11.5 Å². The maximum Gasteiger partial charge on any atom is 0.338 e. The van der Waals surface area contributed by atoms with E-state index in [1.165, 1.54) is 6.92 Å². The third-order valence-electron chi connectivity index (χ3n) is 1.42. The number of carbonyl (C=O) groups is 1. The lowest BCUT2D eigenvalue weighted by atomic mass is 10.3. The second-order valence-electron chi connectivity index (χ2n) is 5.65. The van der Waals surface area contributed by atoms with Crippen molar-refractivity contribution in [3.8, 4) is 0 Å². The van der Waals surface area contributed by atoms with E-state index in [4.69, 9.17) is 14.0 Å². The lowest BCUT2D eigenvalue weighted by Crippen LogP contribution is -2.32. The second kappa shape index (κ2) is 5.05. The van der Waals surface area contributed by atoms with Crippen LogP contribution in [0.5, 0.6) is 0 Å². The molecular formula is C10H22O4Si2. The van der Waals surface area contributed by atoms with Crippen molar-refractivity contribution in [2.45, 2.75) is 46.2 Å². The minimum absolute atomic E-state index is 0.143. The van der Waals surface area contributed by atoms with Crippen molar-refractivity contribution in [1.29, 1.82) is 0 Å². The summed E-state index contributed by atoms with van der Waals surface area (Å²) in [6, 6.07) is 0. The minimum atomic E-state index is -1.85. The molecule has 0 aromatic rings. The molecule has 0 saturated carbocycles. The van der Waals surface area contributed by atoms with Crippen molar-refractivity contribution in [2.75, 3.05) is 0 Å². The zero-order valence-corrected chi connectivity index (χ0v) is 13.2. The molecule has 0 aliphatic rings. The van der Waals surface area contributed by atoms with Crippen LogP contribution in [0.2, 0.25) is 39.3 Å². The summed E-state index contributed by atoms with van der Waals surface area (Å²) in [5, 5.41) is 8.96. The Labute approximate surface area is 99.5 Å². The Morgan fingerprint density at radius 3 is 1.44 bits per heavy atom. The molecule has 0 aromatic carbocycles. The Hall–Kier alpha value is -0.756. The standard InChI is InChI=1S/C10H22O4Si2/c1-8(9(11)12)10(13-15(2,3)4)14-16(5,6)7/h1-7H3,(H,11,12). The van der Waals surface area contributed by atoms with Gasteiger partial charge in [-0.15, -0.1) is 0 Å². The molecule has 0 aliphatic carbocycles. The summed E-state index contributed by atoms with van der Waals surface area (Å²) in [7, 11) is -3.71. The third-order valence-corrected chi connectivity index (χ3v) is 3.02. The topological polar surface area (TPSA) is 55.8 Å². The quantitative estimate of drug-likeness (QED) is 0.470. The van der Waals surface area contributed by atoms with Gasteiger partial charge in [0, 0.05) is 0 Å². The van der Waals surface area contributed by atoms with Crippen LogP contribution in [-0.2, 0) is 13.6 Å². The van der Waals surface area contributed by atoms with E-state index in [-0.39, 0.29) is 11.5 Å². The first kappa shape index (κ1) is 15.2. The monoisotopic (exact) mass is 262 g/mol. The highest BCUT2D eigenvalue weighted by Gasteiger charge is 2.27. The maximum absolute atomic E-state index is 10.9. The van der Waals surface area contributed by atoms with Crippen molar-refractivity contribution >= 4 is 22.6 Å². The molecule has 6 heteroatoms. The summed E-state index contributed by atoms with van der Waals surface area (Å²) in [5.41, 5.74) is 0.143. The van der Waals surface area contributed by atoms with Crippen LogP contribution in [0.25, 0.3) is 0 Å². The highest BCUT2D eigenvalue weighted by Crippen LogP contribution is 2.20. The molecule has 0 radical (unpaired) electrons. The lowest BCUT2D eigenvalue weighted by molar-refractivity contribution is -0.133. The number of aliphatic carboxylic acids is 1. The Bertz CT molecular complexity index is 279. The number of carboxylic acid groups (broad SMARTS) is 1. The van der Waals surface area contributed by atoms with E-state index in [1.54, 1.807) is 0 Å². The molecule has 0 aromatic heterocycles. The summed E-state index contributed by atoms with van der Waals surface area (Å²) < 4.78 is 11.4. The molecule has 94 valence electrons. The van der Waals surface area contributed by atoms with Crippen LogP contribution in [0, 0.1) is 0 Å². The molecule has 0 amide bonds. The number of rotatable bonds is 5. The van der Waals surface area contributed by atoms with Gasteiger partial charge in [0.15, 0.2) is 0 Å². The third kappa shape index (κ3) is 6.68. The van der Waals surface area contributed by atoms with E-state index < -0.39 is 22.6 Å². The van der Waals surface area contributed by atoms with Gasteiger partial charge in [-0.2, -0.15) is 0 Å². The molecule has 0 bridgehead atoms. The lowest BCUT2D eigenvalue weighted by Gasteiger charge is -2.28. The normalized spacial score (nSPS) is 11.9. The van der Waals surface area contributed by atoms with E-state index in [0.717, 1.165) is 0 Å². The van der Waals surface area contributed by atoms with Crippen LogP contribution < -0.4 is 0 Å². The number of hydrogen-bond donors (Lipinski definition) is 1. The molecule has 1 N–H and O–H groups in total. The van der Waals surface area contributed by atoms with Gasteiger partial charge in [-0.05, 0) is 46.2 Å². The largest absolute Gasteiger partial charge is 0.520 e. The first-order valence-corrected chi connectivity index (χ1v) is 12.1. The smallest absolute Gasteiger partial charge is 0.338 e. The fraction of sp³-hybridized carbons (Fsp3) is 0.700. The molecule has 0 atom stereocenters. The van der Waals surface area contributed by atoms with Gasteiger partial charge in [-0.3, -0.25) is 0 Å². The maximum atomic E-state index is 10.9. The van der Waals surface area contributed by atoms with E-state index in [1.807, 2.05) is 39.3 Å². The molecule has 0 unspecified atom stereocenters. The van der Waals surface area contributed by atoms with Gasteiger partial charge < -0.3 is 14.0 Å². The highest BCUT2D eigenvalue weighted by atomic mass is 28.4. The molecule has 0 rings (SSSR count). The van der Waals surface area contributed by atoms with Crippen molar-refractivity contribution < 1.29 is 18.8 Å². The SMILES string of the molecule is CC(C(=O)O)=C(O[Si](C)(C)C)O[Si](C)(C)C. The van der Waals surface area contributed by atoms with Crippen LogP contribution in [0.3, 0.4) is 0 Å². The van der Waals surface area contributed by atoms with Crippen molar-refractivity contribution in [2.24, 2.45) is 0 Å². The fourth-order valence-electron chi connectivity index (χ4n) is 0.817. The van der Waals surface area contributed by atoms with Crippen LogP contribution >= 0.6 is 0 Å². The first-order chi connectivity index (χ1) is 6.92. The predicted octanol–water partition coefficient (Wildman–Crippen LogP) is 3.01. The summed E-state index contributed by atoms with van der Waals surface area (Å²) in [6.07, 6.45) is 0. The minimum Gasteiger partial charge on any atom is -0.520 e. The van der Waals surface area contributed by atoms with Gasteiger partial charge in [-0.1, -0.05) is 0 Å². The average molecular weight is 262 g/mol. The van der Waals surface area contributed by atoms with Gasteiger partial charge >= 0.3 is 5.97 Å². The molecule has 0 heterocycles. The Kier molecular flexibility index (Phi) is 4.81. The van der Waals surface area contributed by atoms with Crippen molar-refractivity contribution in [3.63, 3.8) is 0 Å². The highest BCUT2D eigenvalue weighted by molar-refractivity contribution is 6.71. The second-order valence-corrected chi connectivity index (χ2v) is 14.5. The van der Waals surface area contributed by atoms with E-state index in [2.05, 4.69) is 0 Å². The predicted molar refractivity (Wildman–Crippen MR) is 69.2 cm³/mol. The molecule has 4 nitrogen and oxygen atoms in total. The van der Waals surface area contributed by atoms with E-state index in [9.17, 15) is 4.79 Å². The van der Waals surface area contributed by atoms with Gasteiger partial charge in [0.05, 0.1) is 0 Å². The molecular weight excluding hydrogens is 240 g/mol. The molecule has 0 spiro atoms. The van der Waals surface area contributed by atoms with E-state index in [0.29, 0.717) is 0 Å². The van der Waals surface area contributed by atoms with Crippen molar-refractivity contribution in [1.82, 2.24) is 0 Å². The van der Waals surface area contributed by atoms with Crippen LogP contribution in [0.4, 0.5) is 0 Å². The molecule has 0 saturated heterocycles. The summed E-state index contributed by atoms with van der Waals surface area (Å²) in [6.45, 7) is 13.5.